The highest BCUT2D eigenvalue weighted by Gasteiger charge is 2.19. The molecule has 3 nitrogen and oxygen atoms in total. The summed E-state index contributed by atoms with van der Waals surface area (Å²) < 4.78 is 6.66. The summed E-state index contributed by atoms with van der Waals surface area (Å²) in [5.41, 5.74) is 0. The van der Waals surface area contributed by atoms with Crippen LogP contribution < -0.4 is 4.74 Å². The SMILES string of the molecule is O[C@H]1CCN(CCOc2cccc(Br)c2)C1. The van der Waals surface area contributed by atoms with E-state index in [1.807, 2.05) is 24.3 Å². The molecule has 0 radical (unpaired) electrons. The molecule has 0 bridgehead atoms. The number of likely N-dealkylation sites (tertiary alicyclic amines) is 1. The fourth-order valence-corrected chi connectivity index (χ4v) is 2.24. The minimum atomic E-state index is -0.147. The van der Waals surface area contributed by atoms with E-state index in [1.54, 1.807) is 0 Å². The van der Waals surface area contributed by atoms with Crippen LogP contribution in [0.1, 0.15) is 6.42 Å². The Hall–Kier alpha value is -0.580. The van der Waals surface area contributed by atoms with E-state index in [9.17, 15) is 5.11 Å². The smallest absolute Gasteiger partial charge is 0.120 e. The van der Waals surface area contributed by atoms with Crippen molar-refractivity contribution in [2.45, 2.75) is 12.5 Å². The molecule has 1 aromatic rings. The fourth-order valence-electron chi connectivity index (χ4n) is 1.86. The van der Waals surface area contributed by atoms with Gasteiger partial charge >= 0.3 is 0 Å². The molecule has 1 aliphatic rings. The molecule has 1 fully saturated rings. The van der Waals surface area contributed by atoms with Gasteiger partial charge in [0.2, 0.25) is 0 Å². The Morgan fingerprint density at radius 2 is 2.38 bits per heavy atom. The van der Waals surface area contributed by atoms with Crippen LogP contribution in [0.2, 0.25) is 0 Å². The molecule has 1 heterocycles. The van der Waals surface area contributed by atoms with Crippen molar-refractivity contribution >= 4 is 15.9 Å². The summed E-state index contributed by atoms with van der Waals surface area (Å²) in [4.78, 5) is 2.22. The van der Waals surface area contributed by atoms with Gasteiger partial charge in [0.1, 0.15) is 12.4 Å². The molecule has 88 valence electrons. The summed E-state index contributed by atoms with van der Waals surface area (Å²) in [6.07, 6.45) is 0.738. The van der Waals surface area contributed by atoms with Crippen molar-refractivity contribution < 1.29 is 9.84 Å². The van der Waals surface area contributed by atoms with Crippen LogP contribution in [-0.4, -0.2) is 42.4 Å². The number of aliphatic hydroxyl groups is 1. The Labute approximate surface area is 104 Å². The van der Waals surface area contributed by atoms with Crippen LogP contribution in [0.3, 0.4) is 0 Å². The van der Waals surface area contributed by atoms with E-state index in [4.69, 9.17) is 4.74 Å². The second-order valence-electron chi connectivity index (χ2n) is 4.05. The van der Waals surface area contributed by atoms with E-state index in [0.717, 1.165) is 36.3 Å². The zero-order valence-corrected chi connectivity index (χ0v) is 10.7. The quantitative estimate of drug-likeness (QED) is 0.917. The Kier molecular flexibility index (Phi) is 4.21. The van der Waals surface area contributed by atoms with Crippen LogP contribution in [0.25, 0.3) is 0 Å². The number of benzene rings is 1. The highest BCUT2D eigenvalue weighted by Crippen LogP contribution is 2.17. The van der Waals surface area contributed by atoms with Gasteiger partial charge in [0.15, 0.2) is 0 Å². The highest BCUT2D eigenvalue weighted by atomic mass is 79.9. The van der Waals surface area contributed by atoms with Gasteiger partial charge in [0.25, 0.3) is 0 Å². The number of hydrogen-bond donors (Lipinski definition) is 1. The maximum atomic E-state index is 9.36. The lowest BCUT2D eigenvalue weighted by molar-refractivity contribution is 0.167. The molecule has 1 saturated heterocycles. The molecular formula is C12H16BrNO2. The zero-order chi connectivity index (χ0) is 11.4. The van der Waals surface area contributed by atoms with Gasteiger partial charge in [0, 0.05) is 24.1 Å². The van der Waals surface area contributed by atoms with Gasteiger partial charge in [-0.1, -0.05) is 22.0 Å². The predicted molar refractivity (Wildman–Crippen MR) is 66.7 cm³/mol. The Morgan fingerprint density at radius 3 is 3.06 bits per heavy atom. The van der Waals surface area contributed by atoms with Crippen LogP contribution in [-0.2, 0) is 0 Å². The molecule has 0 spiro atoms. The molecule has 1 aliphatic heterocycles. The van der Waals surface area contributed by atoms with Crippen LogP contribution >= 0.6 is 15.9 Å². The summed E-state index contributed by atoms with van der Waals surface area (Å²) >= 11 is 3.40. The first kappa shape index (κ1) is 11.9. The van der Waals surface area contributed by atoms with Gasteiger partial charge in [-0.05, 0) is 24.6 Å². The Balaban J connectivity index is 1.72. The van der Waals surface area contributed by atoms with Gasteiger partial charge in [-0.2, -0.15) is 0 Å². The number of hydrogen-bond acceptors (Lipinski definition) is 3. The lowest BCUT2D eigenvalue weighted by atomic mass is 10.3. The topological polar surface area (TPSA) is 32.7 Å². The van der Waals surface area contributed by atoms with E-state index in [-0.39, 0.29) is 6.10 Å². The predicted octanol–water partition coefficient (Wildman–Crippen LogP) is 1.89. The molecule has 0 amide bonds. The van der Waals surface area contributed by atoms with Crippen molar-refractivity contribution in [3.05, 3.63) is 28.7 Å². The average molecular weight is 286 g/mol. The third-order valence-corrected chi connectivity index (χ3v) is 3.21. The minimum Gasteiger partial charge on any atom is -0.492 e. The molecule has 1 aromatic carbocycles. The summed E-state index contributed by atoms with van der Waals surface area (Å²) in [6, 6.07) is 7.84. The van der Waals surface area contributed by atoms with Gasteiger partial charge in [-0.15, -0.1) is 0 Å². The third-order valence-electron chi connectivity index (χ3n) is 2.72. The first-order valence-electron chi connectivity index (χ1n) is 5.53. The average Bonchev–Trinajstić information content (AvgIpc) is 2.64. The summed E-state index contributed by atoms with van der Waals surface area (Å²) in [7, 11) is 0. The number of nitrogens with zero attached hydrogens (tertiary/aromatic N) is 1. The van der Waals surface area contributed by atoms with Gasteiger partial charge in [-0.3, -0.25) is 4.90 Å². The maximum absolute atomic E-state index is 9.36. The fraction of sp³-hybridized carbons (Fsp3) is 0.500. The lowest BCUT2D eigenvalue weighted by Crippen LogP contribution is -2.27. The minimum absolute atomic E-state index is 0.147. The van der Waals surface area contributed by atoms with Crippen LogP contribution in [0, 0.1) is 0 Å². The van der Waals surface area contributed by atoms with Crippen molar-refractivity contribution in [3.63, 3.8) is 0 Å². The number of rotatable bonds is 4. The highest BCUT2D eigenvalue weighted by molar-refractivity contribution is 9.10. The zero-order valence-electron chi connectivity index (χ0n) is 9.10. The first-order valence-corrected chi connectivity index (χ1v) is 6.32. The molecule has 0 aliphatic carbocycles. The second-order valence-corrected chi connectivity index (χ2v) is 4.96. The number of aliphatic hydroxyl groups excluding tert-OH is 1. The molecule has 16 heavy (non-hydrogen) atoms. The van der Waals surface area contributed by atoms with E-state index < -0.39 is 0 Å². The second kappa shape index (κ2) is 5.66. The Bertz CT molecular complexity index is 346. The number of halogens is 1. The van der Waals surface area contributed by atoms with Crippen LogP contribution in [0.5, 0.6) is 5.75 Å². The van der Waals surface area contributed by atoms with Crippen molar-refractivity contribution in [2.24, 2.45) is 0 Å². The van der Waals surface area contributed by atoms with Crippen LogP contribution in [0.4, 0.5) is 0 Å². The van der Waals surface area contributed by atoms with E-state index in [2.05, 4.69) is 20.8 Å². The van der Waals surface area contributed by atoms with Gasteiger partial charge < -0.3 is 9.84 Å². The molecule has 4 heteroatoms. The molecule has 1 N–H and O–H groups in total. The molecular weight excluding hydrogens is 270 g/mol. The molecule has 0 aromatic heterocycles. The molecule has 2 rings (SSSR count). The van der Waals surface area contributed by atoms with Gasteiger partial charge in [0.05, 0.1) is 6.10 Å². The summed E-state index contributed by atoms with van der Waals surface area (Å²) in [5, 5.41) is 9.36. The van der Waals surface area contributed by atoms with Crippen molar-refractivity contribution in [1.82, 2.24) is 4.90 Å². The van der Waals surface area contributed by atoms with E-state index >= 15 is 0 Å². The first-order chi connectivity index (χ1) is 7.74. The third kappa shape index (κ3) is 3.47. The normalized spacial score (nSPS) is 21.2. The standard InChI is InChI=1S/C12H16BrNO2/c13-10-2-1-3-12(8-10)16-7-6-14-5-4-11(15)9-14/h1-3,8,11,15H,4-7,9H2/t11-/m0/s1. The van der Waals surface area contributed by atoms with Gasteiger partial charge in [-0.25, -0.2) is 0 Å². The monoisotopic (exact) mass is 285 g/mol. The van der Waals surface area contributed by atoms with Crippen molar-refractivity contribution in [1.29, 1.82) is 0 Å². The largest absolute Gasteiger partial charge is 0.492 e. The van der Waals surface area contributed by atoms with Crippen LogP contribution in [0.15, 0.2) is 28.7 Å². The number of β-amino-alcohol motifs (C(OH)–C–C–N with tert-alkyl or cyclic N) is 1. The molecule has 0 saturated carbocycles. The van der Waals surface area contributed by atoms with Crippen molar-refractivity contribution in [3.8, 4) is 5.75 Å². The number of ether oxygens (including phenoxy) is 1. The maximum Gasteiger partial charge on any atom is 0.120 e. The summed E-state index contributed by atoms with van der Waals surface area (Å²) in [5.74, 6) is 0.883. The molecule has 1 atom stereocenters. The lowest BCUT2D eigenvalue weighted by Gasteiger charge is -2.15. The Morgan fingerprint density at radius 1 is 1.50 bits per heavy atom. The van der Waals surface area contributed by atoms with E-state index in [0.29, 0.717) is 6.61 Å². The van der Waals surface area contributed by atoms with E-state index in [1.165, 1.54) is 0 Å². The summed E-state index contributed by atoms with van der Waals surface area (Å²) in [6.45, 7) is 3.30. The molecule has 0 unspecified atom stereocenters. The van der Waals surface area contributed by atoms with Crippen molar-refractivity contribution in [2.75, 3.05) is 26.2 Å².